The number of fused-ring (bicyclic) bond motifs is 2. The third kappa shape index (κ3) is 1.90. The Kier molecular flexibility index (Phi) is 3.04. The van der Waals surface area contributed by atoms with E-state index in [2.05, 4.69) is 21.4 Å². The molecule has 4 heteroatoms. The molecule has 2 fully saturated rings. The zero-order valence-corrected chi connectivity index (χ0v) is 10.7. The molecule has 1 saturated carbocycles. The Morgan fingerprint density at radius 3 is 2.94 bits per heavy atom. The summed E-state index contributed by atoms with van der Waals surface area (Å²) < 4.78 is 5.90. The van der Waals surface area contributed by atoms with Crippen LogP contribution in [0.5, 0.6) is 0 Å². The van der Waals surface area contributed by atoms with Crippen molar-refractivity contribution in [2.75, 3.05) is 18.1 Å². The maximum atomic E-state index is 5.90. The summed E-state index contributed by atoms with van der Waals surface area (Å²) in [4.78, 5) is 11.2. The maximum Gasteiger partial charge on any atom is 0.225 e. The average Bonchev–Trinajstić information content (AvgIpc) is 2.94. The number of aromatic nitrogens is 2. The van der Waals surface area contributed by atoms with Crippen LogP contribution in [-0.2, 0) is 4.74 Å². The van der Waals surface area contributed by atoms with E-state index < -0.39 is 0 Å². The molecule has 0 N–H and O–H groups in total. The van der Waals surface area contributed by atoms with Gasteiger partial charge in [0.1, 0.15) is 0 Å². The van der Waals surface area contributed by atoms with Crippen LogP contribution in [0, 0.1) is 12.8 Å². The summed E-state index contributed by atoms with van der Waals surface area (Å²) in [6, 6.07) is 0.442. The number of rotatable bonds is 4. The fourth-order valence-corrected chi connectivity index (χ4v) is 3.13. The summed E-state index contributed by atoms with van der Waals surface area (Å²) in [5.74, 6) is 1.47. The van der Waals surface area contributed by atoms with Crippen molar-refractivity contribution in [3.05, 3.63) is 30.6 Å². The van der Waals surface area contributed by atoms with Crippen LogP contribution >= 0.6 is 0 Å². The molecular formula is C14H19N3O. The van der Waals surface area contributed by atoms with Crippen molar-refractivity contribution < 1.29 is 4.74 Å². The molecule has 0 amide bonds. The number of nitrogens with zero attached hydrogens (tertiary/aromatic N) is 3. The van der Waals surface area contributed by atoms with Crippen LogP contribution in [0.4, 0.5) is 5.95 Å². The summed E-state index contributed by atoms with van der Waals surface area (Å²) in [6.07, 6.45) is 8.36. The number of anilines is 1. The molecule has 1 aliphatic heterocycles. The molecule has 1 aromatic rings. The van der Waals surface area contributed by atoms with Gasteiger partial charge in [-0.3, -0.25) is 0 Å². The van der Waals surface area contributed by atoms with Crippen molar-refractivity contribution in [2.24, 2.45) is 5.92 Å². The highest BCUT2D eigenvalue weighted by Gasteiger charge is 2.48. The predicted molar refractivity (Wildman–Crippen MR) is 70.6 cm³/mol. The van der Waals surface area contributed by atoms with Gasteiger partial charge in [-0.2, -0.15) is 0 Å². The lowest BCUT2D eigenvalue weighted by atomic mass is 10.1. The number of hydrogen-bond donors (Lipinski definition) is 0. The third-order valence-electron chi connectivity index (χ3n) is 3.94. The van der Waals surface area contributed by atoms with Gasteiger partial charge in [0.25, 0.3) is 0 Å². The van der Waals surface area contributed by atoms with Gasteiger partial charge in [-0.15, -0.1) is 6.58 Å². The lowest BCUT2D eigenvalue weighted by Crippen LogP contribution is -2.36. The molecule has 3 atom stereocenters. The lowest BCUT2D eigenvalue weighted by molar-refractivity contribution is 0.0589. The first-order valence-electron chi connectivity index (χ1n) is 6.57. The second-order valence-corrected chi connectivity index (χ2v) is 5.20. The van der Waals surface area contributed by atoms with Gasteiger partial charge in [0.15, 0.2) is 0 Å². The Balaban J connectivity index is 1.76. The van der Waals surface area contributed by atoms with E-state index in [0.29, 0.717) is 24.7 Å². The third-order valence-corrected chi connectivity index (χ3v) is 3.94. The molecule has 1 aliphatic carbocycles. The van der Waals surface area contributed by atoms with E-state index in [1.807, 2.05) is 25.4 Å². The average molecular weight is 245 g/mol. The van der Waals surface area contributed by atoms with Crippen molar-refractivity contribution >= 4 is 5.95 Å². The highest BCUT2D eigenvalue weighted by molar-refractivity contribution is 5.37. The van der Waals surface area contributed by atoms with E-state index in [1.165, 1.54) is 12.8 Å². The molecule has 96 valence electrons. The van der Waals surface area contributed by atoms with Gasteiger partial charge < -0.3 is 9.64 Å². The van der Waals surface area contributed by atoms with E-state index in [0.717, 1.165) is 18.1 Å². The quantitative estimate of drug-likeness (QED) is 0.760. The molecule has 0 aromatic carbocycles. The fourth-order valence-electron chi connectivity index (χ4n) is 3.13. The Morgan fingerprint density at radius 2 is 2.22 bits per heavy atom. The Bertz CT molecular complexity index is 431. The molecular weight excluding hydrogens is 226 g/mol. The molecule has 2 aliphatic rings. The SMILES string of the molecule is C=CCO[C@H]1[C@H]2CC[C@H]1N(c1ncc(C)cn1)C2. The normalized spacial score (nSPS) is 29.8. The van der Waals surface area contributed by atoms with E-state index in [-0.39, 0.29) is 0 Å². The van der Waals surface area contributed by atoms with Crippen molar-refractivity contribution in [1.29, 1.82) is 0 Å². The summed E-state index contributed by atoms with van der Waals surface area (Å²) >= 11 is 0. The van der Waals surface area contributed by atoms with Crippen molar-refractivity contribution in [1.82, 2.24) is 9.97 Å². The Morgan fingerprint density at radius 1 is 1.44 bits per heavy atom. The minimum absolute atomic E-state index is 0.327. The van der Waals surface area contributed by atoms with E-state index >= 15 is 0 Å². The summed E-state index contributed by atoms with van der Waals surface area (Å²) in [5.41, 5.74) is 1.10. The monoisotopic (exact) mass is 245 g/mol. The molecule has 1 saturated heterocycles. The molecule has 2 bridgehead atoms. The summed E-state index contributed by atoms with van der Waals surface area (Å²) in [6.45, 7) is 7.39. The molecule has 18 heavy (non-hydrogen) atoms. The van der Waals surface area contributed by atoms with Crippen LogP contribution < -0.4 is 4.90 Å². The lowest BCUT2D eigenvalue weighted by Gasteiger charge is -2.27. The number of aryl methyl sites for hydroxylation is 1. The second-order valence-electron chi connectivity index (χ2n) is 5.20. The molecule has 4 nitrogen and oxygen atoms in total. The predicted octanol–water partition coefficient (Wildman–Crippen LogP) is 1.95. The number of hydrogen-bond acceptors (Lipinski definition) is 4. The summed E-state index contributed by atoms with van der Waals surface area (Å²) in [5, 5.41) is 0. The van der Waals surface area contributed by atoms with Crippen LogP contribution in [-0.4, -0.2) is 35.3 Å². The van der Waals surface area contributed by atoms with Crippen molar-refractivity contribution in [3.63, 3.8) is 0 Å². The first-order chi connectivity index (χ1) is 8.79. The summed E-state index contributed by atoms with van der Waals surface area (Å²) in [7, 11) is 0. The van der Waals surface area contributed by atoms with Crippen molar-refractivity contribution in [3.8, 4) is 0 Å². The molecule has 0 unspecified atom stereocenters. The fraction of sp³-hybridized carbons (Fsp3) is 0.571. The Labute approximate surface area is 108 Å². The van der Waals surface area contributed by atoms with Crippen LogP contribution in [0.3, 0.4) is 0 Å². The standard InChI is InChI=1S/C14H19N3O/c1-3-6-18-13-11-4-5-12(13)17(9-11)14-15-7-10(2)8-16-14/h3,7-8,11-13H,1,4-6,9H2,2H3/t11-,12+,13-/m0/s1. The maximum absolute atomic E-state index is 5.90. The van der Waals surface area contributed by atoms with E-state index in [4.69, 9.17) is 4.74 Å². The van der Waals surface area contributed by atoms with Crippen molar-refractivity contribution in [2.45, 2.75) is 31.9 Å². The van der Waals surface area contributed by atoms with Gasteiger partial charge in [0.05, 0.1) is 18.8 Å². The van der Waals surface area contributed by atoms with Crippen LogP contribution in [0.15, 0.2) is 25.0 Å². The minimum Gasteiger partial charge on any atom is -0.372 e. The van der Waals surface area contributed by atoms with Gasteiger partial charge in [0, 0.05) is 24.9 Å². The highest BCUT2D eigenvalue weighted by atomic mass is 16.5. The van der Waals surface area contributed by atoms with Crippen LogP contribution in [0.2, 0.25) is 0 Å². The van der Waals surface area contributed by atoms with Gasteiger partial charge in [0.2, 0.25) is 5.95 Å². The largest absolute Gasteiger partial charge is 0.372 e. The Hall–Kier alpha value is -1.42. The number of ether oxygens (including phenoxy) is 1. The van der Waals surface area contributed by atoms with E-state index in [1.54, 1.807) is 0 Å². The highest BCUT2D eigenvalue weighted by Crippen LogP contribution is 2.41. The second kappa shape index (κ2) is 4.69. The minimum atomic E-state index is 0.327. The molecule has 2 heterocycles. The van der Waals surface area contributed by atoms with Gasteiger partial charge >= 0.3 is 0 Å². The van der Waals surface area contributed by atoms with Gasteiger partial charge in [-0.1, -0.05) is 6.08 Å². The molecule has 3 rings (SSSR count). The number of piperidine rings is 1. The van der Waals surface area contributed by atoms with Gasteiger partial charge in [-0.05, 0) is 25.3 Å². The topological polar surface area (TPSA) is 38.2 Å². The molecule has 1 aromatic heterocycles. The first-order valence-corrected chi connectivity index (χ1v) is 6.57. The van der Waals surface area contributed by atoms with Gasteiger partial charge in [-0.25, -0.2) is 9.97 Å². The zero-order valence-electron chi connectivity index (χ0n) is 10.7. The molecule has 0 spiro atoms. The van der Waals surface area contributed by atoms with E-state index in [9.17, 15) is 0 Å². The van der Waals surface area contributed by atoms with Crippen LogP contribution in [0.1, 0.15) is 18.4 Å². The first kappa shape index (κ1) is 11.7. The smallest absolute Gasteiger partial charge is 0.225 e. The zero-order chi connectivity index (χ0) is 12.5. The van der Waals surface area contributed by atoms with Crippen LogP contribution in [0.25, 0.3) is 0 Å². The molecule has 0 radical (unpaired) electrons.